The van der Waals surface area contributed by atoms with Gasteiger partial charge in [-0.25, -0.2) is 4.79 Å². The average Bonchev–Trinajstić information content (AvgIpc) is 2.26. The van der Waals surface area contributed by atoms with Crippen molar-refractivity contribution >= 4 is 27.7 Å². The molecule has 0 fully saturated rings. The maximum atomic E-state index is 11.4. The van der Waals surface area contributed by atoms with Crippen LogP contribution in [0.25, 0.3) is 0 Å². The van der Waals surface area contributed by atoms with Crippen LogP contribution in [0.2, 0.25) is 0 Å². The summed E-state index contributed by atoms with van der Waals surface area (Å²) in [6, 6.07) is 4.93. The highest BCUT2D eigenvalue weighted by Gasteiger charge is 2.25. The smallest absolute Gasteiger partial charge is 0.337 e. The van der Waals surface area contributed by atoms with Crippen LogP contribution < -0.4 is 0 Å². The number of hydrogen-bond acceptors (Lipinski definition) is 3. The maximum absolute atomic E-state index is 11.4. The van der Waals surface area contributed by atoms with Crippen molar-refractivity contribution < 1.29 is 19.8 Å². The van der Waals surface area contributed by atoms with Gasteiger partial charge in [0.1, 0.15) is 5.78 Å². The van der Waals surface area contributed by atoms with Gasteiger partial charge >= 0.3 is 5.97 Å². The first-order valence-electron chi connectivity index (χ1n) is 5.01. The molecule has 2 N–H and O–H groups in total. The molecule has 5 heteroatoms. The van der Waals surface area contributed by atoms with Gasteiger partial charge in [0.15, 0.2) is 6.10 Å². The lowest BCUT2D eigenvalue weighted by atomic mass is 9.94. The van der Waals surface area contributed by atoms with Crippen LogP contribution in [0.5, 0.6) is 0 Å². The van der Waals surface area contributed by atoms with Crippen LogP contribution in [0.3, 0.4) is 0 Å². The monoisotopic (exact) mass is 300 g/mol. The van der Waals surface area contributed by atoms with E-state index in [1.807, 2.05) is 0 Å². The van der Waals surface area contributed by atoms with Gasteiger partial charge in [-0.15, -0.1) is 0 Å². The molecule has 0 aliphatic carbocycles. The highest BCUT2D eigenvalue weighted by atomic mass is 79.9. The largest absolute Gasteiger partial charge is 0.479 e. The number of carboxylic acids is 1. The predicted octanol–water partition coefficient (Wildman–Crippen LogP) is 2.14. The van der Waals surface area contributed by atoms with Crippen LogP contribution in [0.1, 0.15) is 34.5 Å². The molecule has 92 valence electrons. The standard InChI is InChI=1S/C12H13BrO4/c1-6-4-3-5-8(11(15)12(16)17)9(6)10(13)7(2)14/h3-5,10-11,15H,1-2H3,(H,16,17). The third-order valence-electron chi connectivity index (χ3n) is 2.50. The van der Waals surface area contributed by atoms with E-state index in [2.05, 4.69) is 15.9 Å². The van der Waals surface area contributed by atoms with Gasteiger partial charge in [-0.1, -0.05) is 34.1 Å². The number of alkyl halides is 1. The summed E-state index contributed by atoms with van der Waals surface area (Å²) in [5.41, 5.74) is 1.53. The zero-order valence-electron chi connectivity index (χ0n) is 9.48. The predicted molar refractivity (Wildman–Crippen MR) is 66.1 cm³/mol. The number of Topliss-reactive ketones (excluding diaryl/α,β-unsaturated/α-hetero) is 1. The highest BCUT2D eigenvalue weighted by Crippen LogP contribution is 2.33. The Labute approximate surface area is 107 Å². The summed E-state index contributed by atoms with van der Waals surface area (Å²) < 4.78 is 0. The molecule has 1 rings (SSSR count). The first kappa shape index (κ1) is 13.9. The molecule has 0 spiro atoms. The first-order valence-corrected chi connectivity index (χ1v) is 5.92. The van der Waals surface area contributed by atoms with Crippen LogP contribution in [0.4, 0.5) is 0 Å². The number of ketones is 1. The number of carboxylic acid groups (broad SMARTS) is 1. The lowest BCUT2D eigenvalue weighted by molar-refractivity contribution is -0.147. The zero-order chi connectivity index (χ0) is 13.2. The van der Waals surface area contributed by atoms with Gasteiger partial charge in [0.05, 0.1) is 4.83 Å². The Kier molecular flexibility index (Phi) is 4.42. The number of aliphatic carboxylic acids is 1. The number of aryl methyl sites for hydroxylation is 1. The third kappa shape index (κ3) is 2.92. The minimum Gasteiger partial charge on any atom is -0.479 e. The summed E-state index contributed by atoms with van der Waals surface area (Å²) in [6.45, 7) is 3.17. The Morgan fingerprint density at radius 2 is 1.94 bits per heavy atom. The van der Waals surface area contributed by atoms with Crippen LogP contribution in [-0.4, -0.2) is 22.0 Å². The number of aliphatic hydroxyl groups is 1. The highest BCUT2D eigenvalue weighted by molar-refractivity contribution is 9.09. The number of rotatable bonds is 4. The van der Waals surface area contributed by atoms with Crippen LogP contribution in [0.15, 0.2) is 18.2 Å². The van der Waals surface area contributed by atoms with E-state index in [0.29, 0.717) is 5.56 Å². The number of aliphatic hydroxyl groups excluding tert-OH is 1. The Balaban J connectivity index is 3.36. The quantitative estimate of drug-likeness (QED) is 0.836. The molecule has 0 saturated heterocycles. The van der Waals surface area contributed by atoms with Crippen LogP contribution in [0, 0.1) is 6.92 Å². The molecule has 0 aromatic heterocycles. The molecule has 0 heterocycles. The van der Waals surface area contributed by atoms with Crippen molar-refractivity contribution in [2.75, 3.05) is 0 Å². The summed E-state index contributed by atoms with van der Waals surface area (Å²) in [6.07, 6.45) is -1.62. The van der Waals surface area contributed by atoms with Gasteiger partial charge in [0.25, 0.3) is 0 Å². The van der Waals surface area contributed by atoms with E-state index in [1.165, 1.54) is 13.0 Å². The van der Waals surface area contributed by atoms with Crippen molar-refractivity contribution in [3.8, 4) is 0 Å². The second-order valence-corrected chi connectivity index (χ2v) is 4.71. The second-order valence-electron chi connectivity index (χ2n) is 3.79. The van der Waals surface area contributed by atoms with E-state index in [1.54, 1.807) is 19.1 Å². The normalized spacial score (nSPS) is 14.1. The minimum atomic E-state index is -1.62. The number of carbonyl (C=O) groups is 2. The Morgan fingerprint density at radius 1 is 1.35 bits per heavy atom. The SMILES string of the molecule is CC(=O)C(Br)c1c(C)cccc1C(O)C(=O)O. The van der Waals surface area contributed by atoms with Crippen molar-refractivity contribution in [3.05, 3.63) is 34.9 Å². The van der Waals surface area contributed by atoms with Crippen molar-refractivity contribution in [2.24, 2.45) is 0 Å². The summed E-state index contributed by atoms with van der Waals surface area (Å²) in [5, 5.41) is 18.4. The van der Waals surface area contributed by atoms with E-state index in [-0.39, 0.29) is 11.3 Å². The molecular weight excluding hydrogens is 288 g/mol. The molecule has 4 nitrogen and oxygen atoms in total. The molecule has 2 atom stereocenters. The number of halogens is 1. The van der Waals surface area contributed by atoms with Gasteiger partial charge in [-0.2, -0.15) is 0 Å². The molecule has 0 amide bonds. The van der Waals surface area contributed by atoms with Crippen molar-refractivity contribution in [2.45, 2.75) is 24.8 Å². The Hall–Kier alpha value is -1.20. The molecular formula is C12H13BrO4. The van der Waals surface area contributed by atoms with Crippen molar-refractivity contribution in [1.29, 1.82) is 0 Å². The van der Waals surface area contributed by atoms with Crippen LogP contribution >= 0.6 is 15.9 Å². The molecule has 1 aromatic carbocycles. The fourth-order valence-electron chi connectivity index (χ4n) is 1.62. The Bertz CT molecular complexity index is 456. The fraction of sp³-hybridized carbons (Fsp3) is 0.333. The second kappa shape index (κ2) is 5.42. The van der Waals surface area contributed by atoms with Crippen molar-refractivity contribution in [1.82, 2.24) is 0 Å². The summed E-state index contributed by atoms with van der Waals surface area (Å²) >= 11 is 3.22. The average molecular weight is 301 g/mol. The maximum Gasteiger partial charge on any atom is 0.337 e. The topological polar surface area (TPSA) is 74.6 Å². The molecule has 0 saturated carbocycles. The molecule has 17 heavy (non-hydrogen) atoms. The summed E-state index contributed by atoms with van der Waals surface area (Å²) in [4.78, 5) is 21.6. The van der Waals surface area contributed by atoms with Gasteiger partial charge in [-0.05, 0) is 30.5 Å². The first-order chi connectivity index (χ1) is 7.86. The number of carbonyl (C=O) groups excluding carboxylic acids is 1. The van der Waals surface area contributed by atoms with E-state index in [0.717, 1.165) is 5.56 Å². The number of benzene rings is 1. The summed E-state index contributed by atoms with van der Waals surface area (Å²) in [7, 11) is 0. The third-order valence-corrected chi connectivity index (χ3v) is 3.60. The molecule has 0 aliphatic heterocycles. The molecule has 1 aromatic rings. The van der Waals surface area contributed by atoms with Gasteiger partial charge in [0, 0.05) is 0 Å². The minimum absolute atomic E-state index is 0.141. The van der Waals surface area contributed by atoms with Crippen molar-refractivity contribution in [3.63, 3.8) is 0 Å². The lowest BCUT2D eigenvalue weighted by Crippen LogP contribution is -2.16. The van der Waals surface area contributed by atoms with Gasteiger partial charge in [0.2, 0.25) is 0 Å². The number of hydrogen-bond donors (Lipinski definition) is 2. The van der Waals surface area contributed by atoms with Gasteiger partial charge < -0.3 is 10.2 Å². The molecule has 2 unspecified atom stereocenters. The van der Waals surface area contributed by atoms with E-state index in [9.17, 15) is 14.7 Å². The zero-order valence-corrected chi connectivity index (χ0v) is 11.1. The molecule has 0 radical (unpaired) electrons. The van der Waals surface area contributed by atoms with E-state index >= 15 is 0 Å². The Morgan fingerprint density at radius 3 is 2.41 bits per heavy atom. The summed E-state index contributed by atoms with van der Waals surface area (Å²) in [5.74, 6) is -1.47. The van der Waals surface area contributed by atoms with E-state index < -0.39 is 16.9 Å². The van der Waals surface area contributed by atoms with E-state index in [4.69, 9.17) is 5.11 Å². The van der Waals surface area contributed by atoms with Crippen LogP contribution in [-0.2, 0) is 9.59 Å². The molecule has 0 bridgehead atoms. The fourth-order valence-corrected chi connectivity index (χ4v) is 2.25. The molecule has 0 aliphatic rings. The lowest BCUT2D eigenvalue weighted by Gasteiger charge is -2.17. The van der Waals surface area contributed by atoms with Gasteiger partial charge in [-0.3, -0.25) is 4.79 Å².